The molecule has 2 unspecified atom stereocenters. The molecule has 1 aliphatic rings. The van der Waals surface area contributed by atoms with Crippen molar-refractivity contribution in [1.82, 2.24) is 9.78 Å². The van der Waals surface area contributed by atoms with Crippen LogP contribution in [0.2, 0.25) is 0 Å². The van der Waals surface area contributed by atoms with Gasteiger partial charge in [0.2, 0.25) is 10.0 Å². The summed E-state index contributed by atoms with van der Waals surface area (Å²) in [5, 5.41) is 4.15. The molecule has 8 heteroatoms. The predicted octanol–water partition coefficient (Wildman–Crippen LogP) is 1.68. The first-order chi connectivity index (χ1) is 9.48. The van der Waals surface area contributed by atoms with E-state index in [-0.39, 0.29) is 17.8 Å². The van der Waals surface area contributed by atoms with Gasteiger partial charge in [-0.15, -0.1) is 11.6 Å². The second-order valence-electron chi connectivity index (χ2n) is 5.23. The molecule has 1 N–H and O–H groups in total. The van der Waals surface area contributed by atoms with Crippen molar-refractivity contribution in [2.75, 3.05) is 23.0 Å². The Morgan fingerprint density at radius 3 is 3.10 bits per heavy atom. The van der Waals surface area contributed by atoms with Crippen LogP contribution in [0.15, 0.2) is 12.4 Å². The lowest BCUT2D eigenvalue weighted by molar-refractivity contribution is 0.0940. The molecular formula is C12H20ClN3O3S. The molecule has 2 atom stereocenters. The minimum absolute atomic E-state index is 0.00736. The third kappa shape index (κ3) is 4.64. The predicted molar refractivity (Wildman–Crippen MR) is 78.5 cm³/mol. The number of sulfonamides is 1. The maximum atomic E-state index is 11.9. The number of halogens is 1. The fraction of sp³-hybridized carbons (Fsp3) is 0.750. The van der Waals surface area contributed by atoms with Gasteiger partial charge in [0.15, 0.2) is 0 Å². The Balaban J connectivity index is 1.91. The van der Waals surface area contributed by atoms with E-state index in [1.165, 1.54) is 6.20 Å². The Hall–Kier alpha value is -0.790. The van der Waals surface area contributed by atoms with Gasteiger partial charge in [0, 0.05) is 18.7 Å². The summed E-state index contributed by atoms with van der Waals surface area (Å²) in [5.41, 5.74) is 0.477. The van der Waals surface area contributed by atoms with Crippen molar-refractivity contribution >= 4 is 27.3 Å². The van der Waals surface area contributed by atoms with E-state index in [1.807, 2.05) is 0 Å². The molecule has 1 saturated heterocycles. The first-order valence-corrected chi connectivity index (χ1v) is 8.87. The van der Waals surface area contributed by atoms with Gasteiger partial charge in [0.1, 0.15) is 0 Å². The molecule has 0 amide bonds. The van der Waals surface area contributed by atoms with Crippen LogP contribution in [0.4, 0.5) is 5.69 Å². The van der Waals surface area contributed by atoms with Crippen molar-refractivity contribution in [2.45, 2.75) is 32.4 Å². The third-order valence-corrected chi connectivity index (χ3v) is 5.17. The fourth-order valence-corrected chi connectivity index (χ4v) is 3.81. The number of nitrogens with one attached hydrogen (secondary N) is 1. The summed E-state index contributed by atoms with van der Waals surface area (Å²) in [4.78, 5) is 0. The van der Waals surface area contributed by atoms with E-state index in [0.717, 1.165) is 19.4 Å². The lowest BCUT2D eigenvalue weighted by atomic mass is 10.2. The molecule has 1 fully saturated rings. The number of alkyl halides is 1. The van der Waals surface area contributed by atoms with Crippen LogP contribution >= 0.6 is 11.6 Å². The first kappa shape index (κ1) is 15.6. The Morgan fingerprint density at radius 1 is 1.65 bits per heavy atom. The summed E-state index contributed by atoms with van der Waals surface area (Å²) in [7, 11) is -3.38. The van der Waals surface area contributed by atoms with Gasteiger partial charge in [-0.3, -0.25) is 9.40 Å². The molecule has 6 nitrogen and oxygen atoms in total. The van der Waals surface area contributed by atoms with Crippen molar-refractivity contribution in [3.63, 3.8) is 0 Å². The highest BCUT2D eigenvalue weighted by molar-refractivity contribution is 7.92. The number of rotatable bonds is 7. The lowest BCUT2D eigenvalue weighted by Crippen LogP contribution is -2.22. The number of ether oxygens (including phenoxy) is 1. The zero-order valence-corrected chi connectivity index (χ0v) is 13.0. The van der Waals surface area contributed by atoms with Crippen LogP contribution in [0.25, 0.3) is 0 Å². The molecule has 0 saturated carbocycles. The average Bonchev–Trinajstić information content (AvgIpc) is 3.00. The monoisotopic (exact) mass is 321 g/mol. The Labute approximate surface area is 124 Å². The van der Waals surface area contributed by atoms with Crippen molar-refractivity contribution in [3.05, 3.63) is 12.4 Å². The molecular weight excluding hydrogens is 302 g/mol. The number of hydrogen-bond donors (Lipinski definition) is 1. The van der Waals surface area contributed by atoms with Crippen LogP contribution in [-0.4, -0.2) is 42.5 Å². The molecule has 114 valence electrons. The summed E-state index contributed by atoms with van der Waals surface area (Å²) in [6, 6.07) is 0. The van der Waals surface area contributed by atoms with Gasteiger partial charge in [-0.1, -0.05) is 6.92 Å². The van der Waals surface area contributed by atoms with Crippen molar-refractivity contribution < 1.29 is 13.2 Å². The summed E-state index contributed by atoms with van der Waals surface area (Å²) >= 11 is 5.64. The molecule has 1 aliphatic heterocycles. The topological polar surface area (TPSA) is 73.2 Å². The smallest absolute Gasteiger partial charge is 0.233 e. The normalized spacial score (nSPS) is 21.0. The minimum atomic E-state index is -3.38. The SMILES string of the molecule is CC(CCl)CS(=O)(=O)Nc1cnn(CC2CCCO2)c1. The number of anilines is 1. The Morgan fingerprint density at radius 2 is 2.45 bits per heavy atom. The second-order valence-corrected chi connectivity index (χ2v) is 7.30. The van der Waals surface area contributed by atoms with Gasteiger partial charge in [-0.25, -0.2) is 8.42 Å². The molecule has 0 aliphatic carbocycles. The number of hydrogen-bond acceptors (Lipinski definition) is 4. The van der Waals surface area contributed by atoms with Crippen LogP contribution in [0.3, 0.4) is 0 Å². The van der Waals surface area contributed by atoms with Crippen LogP contribution < -0.4 is 4.72 Å². The quantitative estimate of drug-likeness (QED) is 0.775. The molecule has 1 aromatic rings. The minimum Gasteiger partial charge on any atom is -0.376 e. The number of nitrogens with zero attached hydrogens (tertiary/aromatic N) is 2. The van der Waals surface area contributed by atoms with Gasteiger partial charge in [-0.05, 0) is 18.8 Å². The van der Waals surface area contributed by atoms with E-state index in [2.05, 4.69) is 9.82 Å². The Kier molecular flexibility index (Phi) is 5.29. The molecule has 0 aromatic carbocycles. The summed E-state index contributed by atoms with van der Waals surface area (Å²) in [6.07, 6.45) is 5.47. The van der Waals surface area contributed by atoms with E-state index in [0.29, 0.717) is 18.1 Å². The first-order valence-electron chi connectivity index (χ1n) is 6.69. The largest absolute Gasteiger partial charge is 0.376 e. The standard InChI is InChI=1S/C12H20ClN3O3S/c1-10(5-13)9-20(17,18)15-11-6-14-16(7-11)8-12-3-2-4-19-12/h6-7,10,12,15H,2-5,8-9H2,1H3. The van der Waals surface area contributed by atoms with E-state index >= 15 is 0 Å². The molecule has 0 radical (unpaired) electrons. The second kappa shape index (κ2) is 6.78. The van der Waals surface area contributed by atoms with Crippen molar-refractivity contribution in [2.24, 2.45) is 5.92 Å². The van der Waals surface area contributed by atoms with Crippen molar-refractivity contribution in [3.8, 4) is 0 Å². The third-order valence-electron chi connectivity index (χ3n) is 3.09. The van der Waals surface area contributed by atoms with Crippen LogP contribution in [0.5, 0.6) is 0 Å². The van der Waals surface area contributed by atoms with Crippen LogP contribution in [-0.2, 0) is 21.3 Å². The van der Waals surface area contributed by atoms with E-state index in [1.54, 1.807) is 17.8 Å². The maximum absolute atomic E-state index is 11.9. The molecule has 2 heterocycles. The lowest BCUT2D eigenvalue weighted by Gasteiger charge is -2.10. The van der Waals surface area contributed by atoms with Gasteiger partial charge < -0.3 is 4.74 Å². The summed E-state index contributed by atoms with van der Waals surface area (Å²) in [6.45, 7) is 3.24. The highest BCUT2D eigenvalue weighted by atomic mass is 35.5. The summed E-state index contributed by atoms with van der Waals surface area (Å²) in [5.74, 6) is 0.239. The zero-order chi connectivity index (χ0) is 14.6. The van der Waals surface area contributed by atoms with Gasteiger partial charge in [-0.2, -0.15) is 5.10 Å². The fourth-order valence-electron chi connectivity index (χ4n) is 2.15. The highest BCUT2D eigenvalue weighted by Gasteiger charge is 2.18. The summed E-state index contributed by atoms with van der Waals surface area (Å²) < 4.78 is 33.5. The van der Waals surface area contributed by atoms with E-state index in [4.69, 9.17) is 16.3 Å². The highest BCUT2D eigenvalue weighted by Crippen LogP contribution is 2.16. The van der Waals surface area contributed by atoms with E-state index in [9.17, 15) is 8.42 Å². The van der Waals surface area contributed by atoms with Gasteiger partial charge in [0.25, 0.3) is 0 Å². The molecule has 1 aromatic heterocycles. The van der Waals surface area contributed by atoms with Crippen molar-refractivity contribution in [1.29, 1.82) is 0 Å². The van der Waals surface area contributed by atoms with Crippen LogP contribution in [0, 0.1) is 5.92 Å². The van der Waals surface area contributed by atoms with Crippen LogP contribution in [0.1, 0.15) is 19.8 Å². The number of aromatic nitrogens is 2. The van der Waals surface area contributed by atoms with E-state index < -0.39 is 10.0 Å². The van der Waals surface area contributed by atoms with Gasteiger partial charge in [0.05, 0.1) is 30.3 Å². The molecule has 2 rings (SSSR count). The zero-order valence-electron chi connectivity index (χ0n) is 11.5. The Bertz CT molecular complexity index is 526. The average molecular weight is 322 g/mol. The molecule has 20 heavy (non-hydrogen) atoms. The van der Waals surface area contributed by atoms with Gasteiger partial charge >= 0.3 is 0 Å². The maximum Gasteiger partial charge on any atom is 0.233 e. The molecule has 0 bridgehead atoms. The molecule has 0 spiro atoms.